The largest absolute Gasteiger partial charge is 0.469 e. The summed E-state index contributed by atoms with van der Waals surface area (Å²) >= 11 is 0. The lowest BCUT2D eigenvalue weighted by atomic mass is 9.46. The summed E-state index contributed by atoms with van der Waals surface area (Å²) in [6.45, 7) is 12.4. The lowest BCUT2D eigenvalue weighted by Gasteiger charge is -2.58. The number of hydrogen-bond acceptors (Lipinski definition) is 9. The van der Waals surface area contributed by atoms with Gasteiger partial charge >= 0.3 is 7.82 Å². The van der Waals surface area contributed by atoms with Crippen LogP contribution in [0.15, 0.2) is 42.5 Å². The highest BCUT2D eigenvalue weighted by Gasteiger charge is 2.59. The van der Waals surface area contributed by atoms with Crippen LogP contribution >= 0.6 is 7.82 Å². The number of fused-ring (bicyclic) bond motifs is 6. The molecular formula is C43H61N6O7P. The average molecular weight is 805 g/mol. The van der Waals surface area contributed by atoms with Gasteiger partial charge in [-0.3, -0.25) is 19.2 Å². The third-order valence-electron chi connectivity index (χ3n) is 15.7. The number of hydrogen-bond donors (Lipinski definition) is 3. The van der Waals surface area contributed by atoms with Gasteiger partial charge in [0.25, 0.3) is 5.69 Å². The molecule has 4 fully saturated rings. The van der Waals surface area contributed by atoms with Gasteiger partial charge in [-0.15, -0.1) is 0 Å². The number of benzene rings is 1. The number of nitrogen functional groups attached to an aromatic ring is 1. The fraction of sp³-hybridized carbons (Fsp3) is 0.698. The van der Waals surface area contributed by atoms with Gasteiger partial charge in [0.2, 0.25) is 0 Å². The van der Waals surface area contributed by atoms with Crippen LogP contribution in [0.1, 0.15) is 135 Å². The van der Waals surface area contributed by atoms with E-state index in [1.54, 1.807) is 16.7 Å². The van der Waals surface area contributed by atoms with Crippen molar-refractivity contribution >= 4 is 30.5 Å². The maximum atomic E-state index is 12.2. The molecule has 2 aromatic heterocycles. The van der Waals surface area contributed by atoms with Crippen molar-refractivity contribution in [1.82, 2.24) is 19.5 Å². The van der Waals surface area contributed by atoms with E-state index in [4.69, 9.17) is 15.0 Å². The van der Waals surface area contributed by atoms with Crippen LogP contribution in [0.2, 0.25) is 0 Å². The summed E-state index contributed by atoms with van der Waals surface area (Å²) < 4.78 is 25.7. The van der Waals surface area contributed by atoms with Gasteiger partial charge in [0.05, 0.1) is 17.4 Å². The number of allylic oxidation sites excluding steroid dienone is 2. The number of nitrogens with zero attached hydrogens (tertiary/aromatic N) is 5. The number of imidazole rings is 1. The molecule has 4 N–H and O–H groups in total. The molecule has 310 valence electrons. The zero-order chi connectivity index (χ0) is 40.4. The maximum Gasteiger partial charge on any atom is 0.469 e. The van der Waals surface area contributed by atoms with Crippen molar-refractivity contribution < 1.29 is 28.5 Å². The Balaban J connectivity index is 1.03. The highest BCUT2D eigenvalue weighted by Crippen LogP contribution is 2.68. The van der Waals surface area contributed by atoms with Gasteiger partial charge in [0, 0.05) is 25.0 Å². The molecule has 13 nitrogen and oxygen atoms in total. The fourth-order valence-corrected chi connectivity index (χ4v) is 13.4. The molecule has 57 heavy (non-hydrogen) atoms. The summed E-state index contributed by atoms with van der Waals surface area (Å²) in [6.07, 6.45) is 16.7. The number of rotatable bonds is 12. The van der Waals surface area contributed by atoms with Gasteiger partial charge in [-0.1, -0.05) is 71.6 Å². The average Bonchev–Trinajstić information content (AvgIpc) is 3.86. The van der Waals surface area contributed by atoms with Crippen molar-refractivity contribution in [3.63, 3.8) is 0 Å². The van der Waals surface area contributed by atoms with E-state index in [-0.39, 0.29) is 40.6 Å². The second kappa shape index (κ2) is 15.4. The Labute approximate surface area is 336 Å². The molecule has 1 aliphatic heterocycles. The molecule has 3 heterocycles. The minimum Gasteiger partial charge on any atom is -0.382 e. The lowest BCUT2D eigenvalue weighted by Crippen LogP contribution is -2.50. The van der Waals surface area contributed by atoms with Crippen molar-refractivity contribution in [2.24, 2.45) is 46.3 Å². The Morgan fingerprint density at radius 3 is 2.65 bits per heavy atom. The van der Waals surface area contributed by atoms with Crippen molar-refractivity contribution in [2.45, 2.75) is 142 Å². The van der Waals surface area contributed by atoms with Gasteiger partial charge in [0.15, 0.2) is 11.5 Å². The van der Waals surface area contributed by atoms with Gasteiger partial charge < -0.3 is 20.3 Å². The third kappa shape index (κ3) is 7.60. The van der Waals surface area contributed by atoms with Gasteiger partial charge in [-0.05, 0) is 115 Å². The predicted octanol–water partition coefficient (Wildman–Crippen LogP) is 9.45. The Morgan fingerprint density at radius 2 is 1.89 bits per heavy atom. The maximum absolute atomic E-state index is 12.2. The summed E-state index contributed by atoms with van der Waals surface area (Å²) in [5, 5.41) is 12.1. The molecule has 0 spiro atoms. The van der Waals surface area contributed by atoms with Crippen molar-refractivity contribution in [3.8, 4) is 0 Å². The van der Waals surface area contributed by atoms with Crippen molar-refractivity contribution in [1.29, 1.82) is 0 Å². The van der Waals surface area contributed by atoms with E-state index in [9.17, 15) is 24.5 Å². The monoisotopic (exact) mass is 804 g/mol. The fourth-order valence-electron chi connectivity index (χ4n) is 12.9. The Hall–Kier alpha value is -3.22. The molecule has 1 aromatic carbocycles. The van der Waals surface area contributed by atoms with Crippen LogP contribution in [-0.4, -0.2) is 46.4 Å². The summed E-state index contributed by atoms with van der Waals surface area (Å²) in [5.41, 5.74) is 10.7. The number of non-ortho nitro benzene ring substituents is 1. The molecule has 1 saturated heterocycles. The van der Waals surface area contributed by atoms with Crippen LogP contribution in [0.4, 0.5) is 11.5 Å². The Kier molecular flexibility index (Phi) is 11.0. The minimum absolute atomic E-state index is 0.0379. The number of ether oxygens (including phenoxy) is 1. The van der Waals surface area contributed by atoms with Crippen molar-refractivity contribution in [3.05, 3.63) is 63.7 Å². The quantitative estimate of drug-likeness (QED) is 0.0684. The molecule has 11 atom stereocenters. The molecule has 0 radical (unpaired) electrons. The zero-order valence-electron chi connectivity index (χ0n) is 34.1. The number of phosphoric acid groups is 1. The normalized spacial score (nSPS) is 34.5. The van der Waals surface area contributed by atoms with Gasteiger partial charge in [0.1, 0.15) is 24.2 Å². The molecule has 8 rings (SSSR count). The van der Waals surface area contributed by atoms with Crippen molar-refractivity contribution in [2.75, 3.05) is 5.73 Å². The summed E-state index contributed by atoms with van der Waals surface area (Å²) in [6, 6.07) is 5.03. The van der Waals surface area contributed by atoms with E-state index in [0.717, 1.165) is 60.5 Å². The summed E-state index contributed by atoms with van der Waals surface area (Å²) in [7, 11) is -4.89. The third-order valence-corrected chi connectivity index (χ3v) is 16.2. The van der Waals surface area contributed by atoms with E-state index in [2.05, 4.69) is 55.6 Å². The number of aromatic nitrogens is 4. The first kappa shape index (κ1) is 40.6. The first-order valence-corrected chi connectivity index (χ1v) is 22.9. The van der Waals surface area contributed by atoms with E-state index < -0.39 is 26.3 Å². The first-order valence-electron chi connectivity index (χ1n) is 21.3. The predicted molar refractivity (Wildman–Crippen MR) is 218 cm³/mol. The number of nitrogens with two attached hydrogens (primary N) is 1. The van der Waals surface area contributed by atoms with Crippen LogP contribution in [0.3, 0.4) is 0 Å². The summed E-state index contributed by atoms with van der Waals surface area (Å²) in [4.78, 5) is 44.3. The molecule has 0 bridgehead atoms. The molecular weight excluding hydrogens is 743 g/mol. The van der Waals surface area contributed by atoms with E-state index in [1.165, 1.54) is 69.2 Å². The highest BCUT2D eigenvalue weighted by atomic mass is 31.2. The molecule has 14 heteroatoms. The molecule has 3 aromatic rings. The summed E-state index contributed by atoms with van der Waals surface area (Å²) in [5.74, 6) is 4.79. The lowest BCUT2D eigenvalue weighted by molar-refractivity contribution is -0.385. The molecule has 3 saturated carbocycles. The minimum atomic E-state index is -4.89. The number of nitro groups is 1. The second-order valence-corrected chi connectivity index (χ2v) is 20.3. The molecule has 4 unspecified atom stereocenters. The van der Waals surface area contributed by atoms with E-state index in [1.807, 2.05) is 0 Å². The Morgan fingerprint density at radius 1 is 1.09 bits per heavy atom. The number of nitro benzene ring substituents is 1. The van der Waals surface area contributed by atoms with Crippen LogP contribution < -0.4 is 5.73 Å². The molecule has 4 aliphatic carbocycles. The topological polar surface area (TPSA) is 189 Å². The standard InChI is InChI=1S/C43H61N6O7P/c1-25(2)7-6-8-26(3)33-13-14-34-31-12-10-29-19-28(15-17-42(29,4)35(31)16-18-43(33,34)5)32-21-30(49(50)51)11-9-27(32)20-36-37(56-57(52,53)54)22-38(55-36)48-24-47-39-40(44)45-23-46-41(39)48/h9-11,21,23-26,28,31,33-38H,6-8,12-20,22H2,1-5H3,(H2,44,45,46)(H2,52,53,54)/t26-,28?,31?,33-,34?,35?,36-,37+,38-,42+,43-/m1/s1. The van der Waals surface area contributed by atoms with E-state index in [0.29, 0.717) is 28.4 Å². The highest BCUT2D eigenvalue weighted by molar-refractivity contribution is 7.46. The Bertz CT molecular complexity index is 2070. The van der Waals surface area contributed by atoms with Crippen LogP contribution in [0.25, 0.3) is 11.2 Å². The number of phosphoric ester groups is 1. The molecule has 0 amide bonds. The SMILES string of the molecule is CC(C)CCC[C@@H](C)[C@H]1CCC2C3CC=C4CC(c5cc([N+](=O)[O-])ccc5C[C@H]5O[C@@H](n6cnc7c(N)ncnc76)C[C@@H]5OP(=O)(O)O)CC[C@]4(C)C3CC[C@@]21C. The van der Waals surface area contributed by atoms with Gasteiger partial charge in [-0.25, -0.2) is 19.5 Å². The second-order valence-electron chi connectivity index (χ2n) is 19.2. The first-order chi connectivity index (χ1) is 27.1. The number of anilines is 1. The van der Waals surface area contributed by atoms with Crippen LogP contribution in [0, 0.1) is 56.5 Å². The van der Waals surface area contributed by atoms with Gasteiger partial charge in [-0.2, -0.15) is 0 Å². The zero-order valence-corrected chi connectivity index (χ0v) is 35.0. The van der Waals surface area contributed by atoms with E-state index >= 15 is 0 Å². The van der Waals surface area contributed by atoms with Crippen LogP contribution in [0.5, 0.6) is 0 Å². The van der Waals surface area contributed by atoms with Crippen LogP contribution in [-0.2, 0) is 20.2 Å². The molecule has 5 aliphatic rings. The smallest absolute Gasteiger partial charge is 0.382 e.